The molecule has 46 heavy (non-hydrogen) atoms. The molecule has 8 rings (SSSR count). The van der Waals surface area contributed by atoms with E-state index in [1.165, 1.54) is 94.2 Å². The van der Waals surface area contributed by atoms with Gasteiger partial charge in [-0.05, 0) is 152 Å². The fourth-order valence-corrected chi connectivity index (χ4v) is 7.17. The van der Waals surface area contributed by atoms with Crippen LogP contribution in [0.3, 0.4) is 0 Å². The first-order valence-corrected chi connectivity index (χ1v) is 16.3. The van der Waals surface area contributed by atoms with E-state index in [1.54, 1.807) is 0 Å². The van der Waals surface area contributed by atoms with Crippen molar-refractivity contribution in [1.29, 1.82) is 0 Å². The first-order chi connectivity index (χ1) is 22.1. The molecule has 0 saturated heterocycles. The minimum atomic E-state index is 0.154. The van der Waals surface area contributed by atoms with E-state index >= 15 is 0 Å². The zero-order valence-corrected chi connectivity index (χ0v) is 27.6. The Morgan fingerprint density at radius 2 is 1.00 bits per heavy atom. The maximum absolute atomic E-state index is 2.42. The average Bonchev–Trinajstić information content (AvgIpc) is 3.04. The Morgan fingerprint density at radius 3 is 1.63 bits per heavy atom. The van der Waals surface area contributed by atoms with Crippen molar-refractivity contribution in [3.63, 3.8) is 0 Å². The van der Waals surface area contributed by atoms with Crippen LogP contribution in [0.1, 0.15) is 43.0 Å². The molecule has 224 valence electrons. The van der Waals surface area contributed by atoms with E-state index in [0.29, 0.717) is 0 Å². The zero-order chi connectivity index (χ0) is 31.7. The molecule has 0 heterocycles. The molecule has 1 aliphatic carbocycles. The summed E-state index contributed by atoms with van der Waals surface area (Å²) in [6, 6.07) is 47.9. The van der Waals surface area contributed by atoms with Crippen LogP contribution >= 0.6 is 0 Å². The molecule has 0 N–H and O–H groups in total. The predicted molar refractivity (Wildman–Crippen MR) is 199 cm³/mol. The number of anilines is 3. The predicted octanol–water partition coefficient (Wildman–Crippen LogP) is 13.0. The normalized spacial score (nSPS) is 12.1. The van der Waals surface area contributed by atoms with Gasteiger partial charge in [0.25, 0.3) is 0 Å². The fourth-order valence-electron chi connectivity index (χ4n) is 7.17. The van der Waals surface area contributed by atoms with E-state index in [-0.39, 0.29) is 5.41 Å². The van der Waals surface area contributed by atoms with E-state index in [0.717, 1.165) is 0 Å². The summed E-state index contributed by atoms with van der Waals surface area (Å²) < 4.78 is 0. The number of fused-ring (bicyclic) bond motifs is 6. The van der Waals surface area contributed by atoms with Gasteiger partial charge in [-0.2, -0.15) is 0 Å². The Morgan fingerprint density at radius 1 is 0.435 bits per heavy atom. The van der Waals surface area contributed by atoms with Crippen LogP contribution in [0.4, 0.5) is 17.1 Å². The molecule has 1 nitrogen and oxygen atoms in total. The van der Waals surface area contributed by atoms with Crippen LogP contribution in [0, 0.1) is 20.8 Å². The van der Waals surface area contributed by atoms with Crippen molar-refractivity contribution >= 4 is 38.6 Å². The van der Waals surface area contributed by atoms with Crippen LogP contribution in [0.2, 0.25) is 0 Å². The Bertz CT molecular complexity index is 2310. The number of rotatable bonds is 4. The van der Waals surface area contributed by atoms with Crippen molar-refractivity contribution in [2.75, 3.05) is 4.90 Å². The number of hydrogen-bond donors (Lipinski definition) is 0. The second kappa shape index (κ2) is 10.5. The van der Waals surface area contributed by atoms with Crippen molar-refractivity contribution in [3.8, 4) is 33.4 Å². The maximum Gasteiger partial charge on any atom is 0.0491 e. The monoisotopic (exact) mass is 593 g/mol. The number of benzene rings is 7. The van der Waals surface area contributed by atoms with Crippen molar-refractivity contribution < 1.29 is 0 Å². The van der Waals surface area contributed by atoms with Gasteiger partial charge in [0.15, 0.2) is 0 Å². The molecule has 7 aromatic carbocycles. The van der Waals surface area contributed by atoms with Gasteiger partial charge in [-0.1, -0.05) is 99.1 Å². The van der Waals surface area contributed by atoms with Crippen LogP contribution in [0.25, 0.3) is 54.9 Å². The molecule has 0 aromatic heterocycles. The summed E-state index contributed by atoms with van der Waals surface area (Å²) in [5.41, 5.74) is 16.8. The topological polar surface area (TPSA) is 3.24 Å². The molecule has 0 amide bonds. The molecule has 0 radical (unpaired) electrons. The molecule has 0 spiro atoms. The number of para-hydroxylation sites is 1. The summed E-state index contributed by atoms with van der Waals surface area (Å²) >= 11 is 0. The van der Waals surface area contributed by atoms with Crippen LogP contribution in [-0.4, -0.2) is 0 Å². The summed E-state index contributed by atoms with van der Waals surface area (Å²) in [6.07, 6.45) is 0. The van der Waals surface area contributed by atoms with Crippen LogP contribution in [0.5, 0.6) is 0 Å². The lowest BCUT2D eigenvalue weighted by Gasteiger charge is -2.29. The third-order valence-electron chi connectivity index (χ3n) is 9.81. The number of aryl methyl sites for hydroxylation is 3. The lowest BCUT2D eigenvalue weighted by atomic mass is 9.77. The minimum Gasteiger partial charge on any atom is -0.310 e. The molecule has 0 unspecified atom stereocenters. The summed E-state index contributed by atoms with van der Waals surface area (Å²) in [5, 5.41) is 5.11. The molecule has 7 aromatic rings. The van der Waals surface area contributed by atoms with Gasteiger partial charge in [-0.15, -0.1) is 0 Å². The van der Waals surface area contributed by atoms with Crippen LogP contribution in [0.15, 0.2) is 127 Å². The van der Waals surface area contributed by atoms with E-state index in [1.807, 2.05) is 0 Å². The molecule has 0 fully saturated rings. The highest BCUT2D eigenvalue weighted by molar-refractivity contribution is 6.12. The molecular formula is C45H39N. The Hall–Kier alpha value is -5.14. The van der Waals surface area contributed by atoms with Gasteiger partial charge in [0.05, 0.1) is 0 Å². The van der Waals surface area contributed by atoms with Gasteiger partial charge in [0, 0.05) is 17.1 Å². The summed E-state index contributed by atoms with van der Waals surface area (Å²) in [6.45, 7) is 13.4. The average molecular weight is 594 g/mol. The SMILES string of the molecule is Cc1ccc(N(c2ccc3cc4c(cc3c2)-c2cc3cc(-c5ccc(C(C)(C)C)cc5)ccc3cc2-4)c2ccccc2C)c(C)c1. The highest BCUT2D eigenvalue weighted by atomic mass is 15.1. The lowest BCUT2D eigenvalue weighted by Crippen LogP contribution is -2.12. The van der Waals surface area contributed by atoms with Gasteiger partial charge < -0.3 is 4.90 Å². The molecule has 1 heteroatoms. The van der Waals surface area contributed by atoms with Crippen molar-refractivity contribution in [1.82, 2.24) is 0 Å². The largest absolute Gasteiger partial charge is 0.310 e. The second-order valence-electron chi connectivity index (χ2n) is 14.1. The quantitative estimate of drug-likeness (QED) is 0.196. The van der Waals surface area contributed by atoms with Crippen LogP contribution in [-0.2, 0) is 5.41 Å². The van der Waals surface area contributed by atoms with Gasteiger partial charge in [-0.3, -0.25) is 0 Å². The molecule has 0 atom stereocenters. The number of nitrogens with zero attached hydrogens (tertiary/aromatic N) is 1. The molecule has 0 bridgehead atoms. The fraction of sp³-hybridized carbons (Fsp3) is 0.156. The van der Waals surface area contributed by atoms with Crippen molar-refractivity contribution in [2.45, 2.75) is 47.0 Å². The third kappa shape index (κ3) is 4.70. The Balaban J connectivity index is 1.20. The third-order valence-corrected chi connectivity index (χ3v) is 9.81. The second-order valence-corrected chi connectivity index (χ2v) is 14.1. The van der Waals surface area contributed by atoms with Gasteiger partial charge in [-0.25, -0.2) is 0 Å². The summed E-state index contributed by atoms with van der Waals surface area (Å²) in [5.74, 6) is 0. The first-order valence-electron chi connectivity index (χ1n) is 16.3. The van der Waals surface area contributed by atoms with Gasteiger partial charge in [0.2, 0.25) is 0 Å². The molecule has 1 aliphatic rings. The van der Waals surface area contributed by atoms with E-state index in [4.69, 9.17) is 0 Å². The summed E-state index contributed by atoms with van der Waals surface area (Å²) in [7, 11) is 0. The highest BCUT2D eigenvalue weighted by Crippen LogP contribution is 2.51. The van der Waals surface area contributed by atoms with E-state index < -0.39 is 0 Å². The zero-order valence-electron chi connectivity index (χ0n) is 27.6. The summed E-state index contributed by atoms with van der Waals surface area (Å²) in [4.78, 5) is 2.42. The maximum atomic E-state index is 2.42. The van der Waals surface area contributed by atoms with Crippen molar-refractivity contribution in [2.24, 2.45) is 0 Å². The van der Waals surface area contributed by atoms with Gasteiger partial charge >= 0.3 is 0 Å². The number of hydrogen-bond acceptors (Lipinski definition) is 1. The molecule has 0 saturated carbocycles. The van der Waals surface area contributed by atoms with E-state index in [2.05, 4.69) is 174 Å². The Kier molecular flexibility index (Phi) is 6.44. The van der Waals surface area contributed by atoms with E-state index in [9.17, 15) is 0 Å². The highest BCUT2D eigenvalue weighted by Gasteiger charge is 2.25. The van der Waals surface area contributed by atoms with Gasteiger partial charge in [0.1, 0.15) is 0 Å². The smallest absolute Gasteiger partial charge is 0.0491 e. The lowest BCUT2D eigenvalue weighted by molar-refractivity contribution is 0.590. The standard InChI is InChI=1S/C45H39N/c1-28-11-20-44(30(3)21-28)46(43-10-8-7-9-29(43)2)38-19-16-34-25-40-39-24-33-13-12-32(31-14-17-37(18-15-31)45(4,5)6)22-35(33)26-41(39)42(40)27-36(34)23-38/h7-27H,1-6H3. The minimum absolute atomic E-state index is 0.154. The van der Waals surface area contributed by atoms with Crippen LogP contribution < -0.4 is 4.90 Å². The molecule has 0 aliphatic heterocycles. The first kappa shape index (κ1) is 28.3. The molecular weight excluding hydrogens is 555 g/mol. The van der Waals surface area contributed by atoms with Crippen molar-refractivity contribution in [3.05, 3.63) is 150 Å². The Labute approximate surface area is 272 Å².